The Bertz CT molecular complexity index is 593. The quantitative estimate of drug-likeness (QED) is 0.803. The maximum Gasteiger partial charge on any atom is 0.433 e. The van der Waals surface area contributed by atoms with Gasteiger partial charge in [0.15, 0.2) is 0 Å². The second-order valence-electron chi connectivity index (χ2n) is 5.16. The smallest absolute Gasteiger partial charge is 0.266 e. The van der Waals surface area contributed by atoms with Crippen molar-refractivity contribution in [2.45, 2.75) is 26.1 Å². The van der Waals surface area contributed by atoms with E-state index < -0.39 is 11.9 Å². The van der Waals surface area contributed by atoms with Crippen molar-refractivity contribution in [3.05, 3.63) is 42.0 Å². The van der Waals surface area contributed by atoms with E-state index in [1.165, 1.54) is 6.20 Å². The molecule has 0 N–H and O–H groups in total. The lowest BCUT2D eigenvalue weighted by Gasteiger charge is -2.22. The van der Waals surface area contributed by atoms with E-state index in [-0.39, 0.29) is 12.0 Å². The van der Waals surface area contributed by atoms with E-state index in [1.54, 1.807) is 16.9 Å². The van der Waals surface area contributed by atoms with E-state index in [0.29, 0.717) is 5.56 Å². The minimum absolute atomic E-state index is 0.109. The summed E-state index contributed by atoms with van der Waals surface area (Å²) in [6.07, 6.45) is 0.293. The molecule has 0 spiro atoms. The van der Waals surface area contributed by atoms with Gasteiger partial charge in [0.05, 0.1) is 6.04 Å². The van der Waals surface area contributed by atoms with Crippen LogP contribution in [0.1, 0.15) is 31.1 Å². The van der Waals surface area contributed by atoms with E-state index in [1.807, 2.05) is 27.9 Å². The number of hydrogen-bond donors (Lipinski definition) is 0. The number of alkyl halides is 3. The second-order valence-corrected chi connectivity index (χ2v) is 5.16. The molecule has 0 amide bonds. The Kier molecular flexibility index (Phi) is 3.88. The van der Waals surface area contributed by atoms with Crippen molar-refractivity contribution in [3.8, 4) is 0 Å². The first-order chi connectivity index (χ1) is 9.29. The minimum atomic E-state index is -4.43. The zero-order valence-electron chi connectivity index (χ0n) is 11.5. The highest BCUT2D eigenvalue weighted by Crippen LogP contribution is 2.31. The van der Waals surface area contributed by atoms with Crippen LogP contribution in [0, 0.1) is 5.92 Å². The summed E-state index contributed by atoms with van der Waals surface area (Å²) in [4.78, 5) is 3.40. The molecule has 0 aromatic carbocycles. The van der Waals surface area contributed by atoms with Crippen molar-refractivity contribution >= 4 is 13.3 Å². The molecule has 0 radical (unpaired) electrons. The molecular formula is C13H15BF3N3. The van der Waals surface area contributed by atoms with Crippen LogP contribution in [0.4, 0.5) is 13.2 Å². The Morgan fingerprint density at radius 1 is 1.30 bits per heavy atom. The molecule has 7 heteroatoms. The van der Waals surface area contributed by atoms with Crippen molar-refractivity contribution in [1.29, 1.82) is 0 Å². The first kappa shape index (κ1) is 14.6. The molecule has 2 rings (SSSR count). The van der Waals surface area contributed by atoms with E-state index >= 15 is 0 Å². The summed E-state index contributed by atoms with van der Waals surface area (Å²) in [5.74, 6) is 0.109. The van der Waals surface area contributed by atoms with Crippen molar-refractivity contribution < 1.29 is 13.2 Å². The molecule has 0 aliphatic heterocycles. The SMILES string of the molecule is Bc1cnn(C(c2ccnc(C(F)(F)F)c2)C(C)C)c1. The fraction of sp³-hybridized carbons (Fsp3) is 0.385. The van der Waals surface area contributed by atoms with Crippen LogP contribution >= 0.6 is 0 Å². The summed E-state index contributed by atoms with van der Waals surface area (Å²) in [5.41, 5.74) is 0.663. The van der Waals surface area contributed by atoms with Gasteiger partial charge in [0, 0.05) is 18.6 Å². The fourth-order valence-corrected chi connectivity index (χ4v) is 2.21. The normalized spacial score (nSPS) is 13.7. The Morgan fingerprint density at radius 3 is 2.50 bits per heavy atom. The largest absolute Gasteiger partial charge is 0.433 e. The average molecular weight is 281 g/mol. The van der Waals surface area contributed by atoms with Crippen LogP contribution in [0.25, 0.3) is 0 Å². The molecular weight excluding hydrogens is 266 g/mol. The van der Waals surface area contributed by atoms with Gasteiger partial charge in [-0.15, -0.1) is 0 Å². The lowest BCUT2D eigenvalue weighted by molar-refractivity contribution is -0.141. The van der Waals surface area contributed by atoms with E-state index in [0.717, 1.165) is 11.5 Å². The molecule has 2 heterocycles. The Morgan fingerprint density at radius 2 is 2.00 bits per heavy atom. The van der Waals surface area contributed by atoms with Gasteiger partial charge in [-0.25, -0.2) is 0 Å². The van der Waals surface area contributed by atoms with Gasteiger partial charge >= 0.3 is 6.18 Å². The molecule has 0 aliphatic rings. The zero-order chi connectivity index (χ0) is 14.9. The highest BCUT2D eigenvalue weighted by molar-refractivity contribution is 6.31. The van der Waals surface area contributed by atoms with E-state index in [9.17, 15) is 13.2 Å². The summed E-state index contributed by atoms with van der Waals surface area (Å²) in [6.45, 7) is 3.91. The maximum absolute atomic E-state index is 12.8. The van der Waals surface area contributed by atoms with Crippen molar-refractivity contribution in [2.24, 2.45) is 5.92 Å². The van der Waals surface area contributed by atoms with Crippen molar-refractivity contribution in [2.75, 3.05) is 0 Å². The van der Waals surface area contributed by atoms with Crippen LogP contribution in [0.3, 0.4) is 0 Å². The molecule has 106 valence electrons. The molecule has 3 nitrogen and oxygen atoms in total. The van der Waals surface area contributed by atoms with Crippen LogP contribution < -0.4 is 5.46 Å². The summed E-state index contributed by atoms with van der Waals surface area (Å²) in [5, 5.41) is 4.22. The lowest BCUT2D eigenvalue weighted by atomic mass is 9.96. The van der Waals surface area contributed by atoms with Gasteiger partial charge in [0.1, 0.15) is 13.5 Å². The van der Waals surface area contributed by atoms with Crippen LogP contribution in [0.5, 0.6) is 0 Å². The molecule has 0 saturated heterocycles. The number of aromatic nitrogens is 3. The predicted octanol–water partition coefficient (Wildman–Crippen LogP) is 1.80. The molecule has 20 heavy (non-hydrogen) atoms. The third-order valence-corrected chi connectivity index (χ3v) is 3.06. The Balaban J connectivity index is 2.45. The van der Waals surface area contributed by atoms with Gasteiger partial charge in [-0.3, -0.25) is 9.67 Å². The fourth-order valence-electron chi connectivity index (χ4n) is 2.21. The zero-order valence-corrected chi connectivity index (χ0v) is 11.5. The summed E-state index contributed by atoms with van der Waals surface area (Å²) < 4.78 is 40.0. The molecule has 2 aromatic heterocycles. The molecule has 0 aliphatic carbocycles. The Labute approximate surface area is 116 Å². The average Bonchev–Trinajstić information content (AvgIpc) is 2.74. The number of pyridine rings is 1. The molecule has 0 fully saturated rings. The first-order valence-corrected chi connectivity index (χ1v) is 6.33. The molecule has 1 atom stereocenters. The van der Waals surface area contributed by atoms with Crippen LogP contribution in [0.2, 0.25) is 0 Å². The summed E-state index contributed by atoms with van der Waals surface area (Å²) >= 11 is 0. The van der Waals surface area contributed by atoms with Gasteiger partial charge in [-0.05, 0) is 23.6 Å². The maximum atomic E-state index is 12.8. The van der Waals surface area contributed by atoms with Gasteiger partial charge in [0.25, 0.3) is 0 Å². The van der Waals surface area contributed by atoms with Gasteiger partial charge in [0.2, 0.25) is 0 Å². The number of rotatable bonds is 3. The van der Waals surface area contributed by atoms with Gasteiger partial charge in [-0.2, -0.15) is 18.3 Å². The van der Waals surface area contributed by atoms with E-state index in [2.05, 4.69) is 10.1 Å². The highest BCUT2D eigenvalue weighted by Gasteiger charge is 2.33. The first-order valence-electron chi connectivity index (χ1n) is 6.33. The third-order valence-electron chi connectivity index (χ3n) is 3.06. The van der Waals surface area contributed by atoms with Crippen molar-refractivity contribution in [3.63, 3.8) is 0 Å². The molecule has 1 unspecified atom stereocenters. The van der Waals surface area contributed by atoms with Crippen molar-refractivity contribution in [1.82, 2.24) is 14.8 Å². The number of halogens is 3. The highest BCUT2D eigenvalue weighted by atomic mass is 19.4. The second kappa shape index (κ2) is 5.30. The number of hydrogen-bond acceptors (Lipinski definition) is 2. The summed E-state index contributed by atoms with van der Waals surface area (Å²) in [6, 6.07) is 2.46. The van der Waals surface area contributed by atoms with Crippen LogP contribution in [0.15, 0.2) is 30.7 Å². The standard InChI is InChI=1S/C13H15BF3N3/c1-8(2)12(20-7-10(14)6-19-20)9-3-4-18-11(5-9)13(15,16)17/h3-8,12H,14H2,1-2H3. The predicted molar refractivity (Wildman–Crippen MR) is 72.6 cm³/mol. The third kappa shape index (κ3) is 3.03. The minimum Gasteiger partial charge on any atom is -0.266 e. The monoisotopic (exact) mass is 281 g/mol. The van der Waals surface area contributed by atoms with Gasteiger partial charge < -0.3 is 0 Å². The Hall–Kier alpha value is -1.79. The van der Waals surface area contributed by atoms with Gasteiger partial charge in [-0.1, -0.05) is 19.3 Å². The van der Waals surface area contributed by atoms with Crippen LogP contribution in [-0.4, -0.2) is 22.6 Å². The molecule has 0 saturated carbocycles. The molecule has 0 bridgehead atoms. The summed E-state index contributed by atoms with van der Waals surface area (Å²) in [7, 11) is 1.90. The molecule has 2 aromatic rings. The number of nitrogens with zero attached hydrogens (tertiary/aromatic N) is 3. The topological polar surface area (TPSA) is 30.7 Å². The van der Waals surface area contributed by atoms with E-state index in [4.69, 9.17) is 0 Å². The van der Waals surface area contributed by atoms with Crippen LogP contribution in [-0.2, 0) is 6.18 Å². The lowest BCUT2D eigenvalue weighted by Crippen LogP contribution is -2.19.